The zero-order chi connectivity index (χ0) is 9.14. The first-order valence-corrected chi connectivity index (χ1v) is 4.27. The minimum atomic E-state index is 0.133. The van der Waals surface area contributed by atoms with Crippen molar-refractivity contribution in [1.82, 2.24) is 0 Å². The third-order valence-corrected chi connectivity index (χ3v) is 1.88. The van der Waals surface area contributed by atoms with Crippen LogP contribution < -0.4 is 11.5 Å². The molecule has 0 heterocycles. The highest BCUT2D eigenvalue weighted by Gasteiger charge is 2.02. The van der Waals surface area contributed by atoms with Crippen LogP contribution in [0.3, 0.4) is 0 Å². The normalized spacial score (nSPS) is 12.9. The standard InChI is InChI=1S/C9H13ClN2/c1-6(11)4-7-2-3-8(10)5-9(7)12/h2-3,5-6H,4,11-12H2,1H3. The summed E-state index contributed by atoms with van der Waals surface area (Å²) in [5.41, 5.74) is 13.2. The SMILES string of the molecule is CC(N)Cc1ccc(Cl)cc1N. The Balaban J connectivity index is 2.86. The van der Waals surface area contributed by atoms with Gasteiger partial charge < -0.3 is 11.5 Å². The summed E-state index contributed by atoms with van der Waals surface area (Å²) in [5, 5.41) is 0.668. The van der Waals surface area contributed by atoms with Gasteiger partial charge in [0, 0.05) is 16.8 Å². The van der Waals surface area contributed by atoms with Crippen LogP contribution in [0.4, 0.5) is 5.69 Å². The van der Waals surface area contributed by atoms with Gasteiger partial charge in [0.25, 0.3) is 0 Å². The molecule has 1 unspecified atom stereocenters. The van der Waals surface area contributed by atoms with Crippen LogP contribution in [0.2, 0.25) is 5.02 Å². The second-order valence-corrected chi connectivity index (χ2v) is 3.46. The average molecular weight is 185 g/mol. The van der Waals surface area contributed by atoms with Gasteiger partial charge in [0.15, 0.2) is 0 Å². The number of anilines is 1. The summed E-state index contributed by atoms with van der Waals surface area (Å²) < 4.78 is 0. The maximum atomic E-state index is 5.74. The molecule has 1 aromatic carbocycles. The lowest BCUT2D eigenvalue weighted by Crippen LogP contribution is -2.18. The first-order valence-electron chi connectivity index (χ1n) is 3.89. The topological polar surface area (TPSA) is 52.0 Å². The number of rotatable bonds is 2. The summed E-state index contributed by atoms with van der Waals surface area (Å²) in [7, 11) is 0. The van der Waals surface area contributed by atoms with Crippen molar-refractivity contribution in [2.45, 2.75) is 19.4 Å². The smallest absolute Gasteiger partial charge is 0.0426 e. The molecule has 0 amide bonds. The molecule has 0 saturated heterocycles. The van der Waals surface area contributed by atoms with Crippen LogP contribution in [-0.4, -0.2) is 6.04 Å². The molecule has 0 aliphatic carbocycles. The Morgan fingerprint density at radius 1 is 1.50 bits per heavy atom. The highest BCUT2D eigenvalue weighted by atomic mass is 35.5. The molecule has 0 aromatic heterocycles. The summed E-state index contributed by atoms with van der Waals surface area (Å²) >= 11 is 5.74. The van der Waals surface area contributed by atoms with E-state index in [9.17, 15) is 0 Å². The molecule has 1 rings (SSSR count). The fourth-order valence-electron chi connectivity index (χ4n) is 1.10. The number of benzene rings is 1. The van der Waals surface area contributed by atoms with Crippen molar-refractivity contribution in [3.8, 4) is 0 Å². The van der Waals surface area contributed by atoms with Crippen molar-refractivity contribution in [2.24, 2.45) is 5.73 Å². The molecule has 1 aromatic rings. The van der Waals surface area contributed by atoms with Gasteiger partial charge in [0.2, 0.25) is 0 Å². The number of nitrogens with two attached hydrogens (primary N) is 2. The van der Waals surface area contributed by atoms with Gasteiger partial charge in [-0.15, -0.1) is 0 Å². The second kappa shape index (κ2) is 3.78. The van der Waals surface area contributed by atoms with E-state index in [-0.39, 0.29) is 6.04 Å². The molecule has 3 heteroatoms. The van der Waals surface area contributed by atoms with Gasteiger partial charge in [-0.3, -0.25) is 0 Å². The number of halogens is 1. The predicted molar refractivity (Wildman–Crippen MR) is 53.2 cm³/mol. The lowest BCUT2D eigenvalue weighted by atomic mass is 10.1. The Kier molecular flexibility index (Phi) is 2.95. The van der Waals surface area contributed by atoms with E-state index in [4.69, 9.17) is 23.1 Å². The lowest BCUT2D eigenvalue weighted by Gasteiger charge is -2.08. The van der Waals surface area contributed by atoms with E-state index < -0.39 is 0 Å². The molecule has 0 aliphatic heterocycles. The highest BCUT2D eigenvalue weighted by molar-refractivity contribution is 6.30. The Labute approximate surface area is 77.5 Å². The van der Waals surface area contributed by atoms with Gasteiger partial charge in [-0.05, 0) is 31.0 Å². The average Bonchev–Trinajstić information content (AvgIpc) is 1.94. The highest BCUT2D eigenvalue weighted by Crippen LogP contribution is 2.18. The molecule has 0 radical (unpaired) electrons. The first-order chi connectivity index (χ1) is 5.59. The quantitative estimate of drug-likeness (QED) is 0.689. The maximum absolute atomic E-state index is 5.74. The summed E-state index contributed by atoms with van der Waals surface area (Å²) in [6, 6.07) is 5.63. The minimum Gasteiger partial charge on any atom is -0.398 e. The number of hydrogen-bond acceptors (Lipinski definition) is 2. The lowest BCUT2D eigenvalue weighted by molar-refractivity contribution is 0.739. The zero-order valence-corrected chi connectivity index (χ0v) is 7.81. The molecular weight excluding hydrogens is 172 g/mol. The Morgan fingerprint density at radius 3 is 2.67 bits per heavy atom. The van der Waals surface area contributed by atoms with Crippen molar-refractivity contribution in [3.63, 3.8) is 0 Å². The van der Waals surface area contributed by atoms with Crippen molar-refractivity contribution < 1.29 is 0 Å². The van der Waals surface area contributed by atoms with Gasteiger partial charge in [-0.2, -0.15) is 0 Å². The van der Waals surface area contributed by atoms with E-state index >= 15 is 0 Å². The van der Waals surface area contributed by atoms with E-state index in [0.29, 0.717) is 5.02 Å². The predicted octanol–water partition coefficient (Wildman–Crippen LogP) is 1.81. The van der Waals surface area contributed by atoms with Gasteiger partial charge in [0.1, 0.15) is 0 Å². The van der Waals surface area contributed by atoms with Crippen molar-refractivity contribution in [1.29, 1.82) is 0 Å². The largest absolute Gasteiger partial charge is 0.398 e. The molecule has 66 valence electrons. The summed E-state index contributed by atoms with van der Waals surface area (Å²) in [6.45, 7) is 1.95. The van der Waals surface area contributed by atoms with Gasteiger partial charge in [-0.25, -0.2) is 0 Å². The molecule has 1 atom stereocenters. The molecule has 0 aliphatic rings. The van der Waals surface area contributed by atoms with Crippen molar-refractivity contribution >= 4 is 17.3 Å². The molecule has 0 saturated carbocycles. The molecule has 0 spiro atoms. The minimum absolute atomic E-state index is 0.133. The fourth-order valence-corrected chi connectivity index (χ4v) is 1.28. The molecule has 12 heavy (non-hydrogen) atoms. The van der Waals surface area contributed by atoms with Gasteiger partial charge >= 0.3 is 0 Å². The second-order valence-electron chi connectivity index (χ2n) is 3.02. The van der Waals surface area contributed by atoms with Gasteiger partial charge in [-0.1, -0.05) is 17.7 Å². The molecular formula is C9H13ClN2. The van der Waals surface area contributed by atoms with Gasteiger partial charge in [0.05, 0.1) is 0 Å². The van der Waals surface area contributed by atoms with E-state index in [2.05, 4.69) is 0 Å². The monoisotopic (exact) mass is 184 g/mol. The molecule has 2 nitrogen and oxygen atoms in total. The Morgan fingerprint density at radius 2 is 2.17 bits per heavy atom. The van der Waals surface area contributed by atoms with E-state index in [1.807, 2.05) is 19.1 Å². The van der Waals surface area contributed by atoms with E-state index in [1.54, 1.807) is 6.07 Å². The van der Waals surface area contributed by atoms with Crippen LogP contribution >= 0.6 is 11.6 Å². The van der Waals surface area contributed by atoms with Crippen LogP contribution in [0.25, 0.3) is 0 Å². The van der Waals surface area contributed by atoms with E-state index in [1.165, 1.54) is 0 Å². The van der Waals surface area contributed by atoms with Crippen LogP contribution in [0.5, 0.6) is 0 Å². The summed E-state index contributed by atoms with van der Waals surface area (Å²) in [6.07, 6.45) is 0.795. The molecule has 0 fully saturated rings. The third kappa shape index (κ3) is 2.40. The summed E-state index contributed by atoms with van der Waals surface area (Å²) in [5.74, 6) is 0. The number of hydrogen-bond donors (Lipinski definition) is 2. The van der Waals surface area contributed by atoms with Crippen LogP contribution in [-0.2, 0) is 6.42 Å². The van der Waals surface area contributed by atoms with Crippen LogP contribution in [0.1, 0.15) is 12.5 Å². The fraction of sp³-hybridized carbons (Fsp3) is 0.333. The molecule has 4 N–H and O–H groups in total. The Bertz CT molecular complexity index is 271. The maximum Gasteiger partial charge on any atom is 0.0426 e. The van der Waals surface area contributed by atoms with E-state index in [0.717, 1.165) is 17.7 Å². The number of nitrogen functional groups attached to an aromatic ring is 1. The first kappa shape index (κ1) is 9.36. The van der Waals surface area contributed by atoms with Crippen LogP contribution in [0, 0.1) is 0 Å². The third-order valence-electron chi connectivity index (χ3n) is 1.65. The van der Waals surface area contributed by atoms with Crippen molar-refractivity contribution in [2.75, 3.05) is 5.73 Å². The zero-order valence-electron chi connectivity index (χ0n) is 7.05. The van der Waals surface area contributed by atoms with Crippen molar-refractivity contribution in [3.05, 3.63) is 28.8 Å². The van der Waals surface area contributed by atoms with Crippen LogP contribution in [0.15, 0.2) is 18.2 Å². The molecule has 0 bridgehead atoms. The Hall–Kier alpha value is -0.730. The summed E-state index contributed by atoms with van der Waals surface area (Å²) in [4.78, 5) is 0.